The lowest BCUT2D eigenvalue weighted by atomic mass is 10.1. The topological polar surface area (TPSA) is 37.8 Å². The van der Waals surface area contributed by atoms with Crippen molar-refractivity contribution in [3.05, 3.63) is 45.6 Å². The van der Waals surface area contributed by atoms with Gasteiger partial charge in [0.25, 0.3) is 0 Å². The van der Waals surface area contributed by atoms with Gasteiger partial charge in [-0.25, -0.2) is 4.98 Å². The van der Waals surface area contributed by atoms with Crippen LogP contribution in [0, 0.1) is 0 Å². The van der Waals surface area contributed by atoms with Crippen molar-refractivity contribution in [2.24, 2.45) is 0 Å². The average Bonchev–Trinajstić information content (AvgIpc) is 2.88. The Morgan fingerprint density at radius 1 is 1.39 bits per heavy atom. The molecule has 2 aromatic heterocycles. The zero-order chi connectivity index (χ0) is 12.8. The Kier molecular flexibility index (Phi) is 5.11. The standard InChI is InChI=1S/C13H16ClN3S/c1-2-5-15-11(9-12-16-7-8-18-12)13-10(14)4-3-6-17-13/h3-4,6-8,11,15H,2,5,9H2,1H3. The van der Waals surface area contributed by atoms with E-state index < -0.39 is 0 Å². The first-order chi connectivity index (χ1) is 8.81. The van der Waals surface area contributed by atoms with Gasteiger partial charge in [0.1, 0.15) is 0 Å². The second kappa shape index (κ2) is 6.83. The number of aromatic nitrogens is 2. The number of hydrogen-bond donors (Lipinski definition) is 1. The number of halogens is 1. The van der Waals surface area contributed by atoms with Crippen LogP contribution in [-0.4, -0.2) is 16.5 Å². The Morgan fingerprint density at radius 2 is 2.28 bits per heavy atom. The lowest BCUT2D eigenvalue weighted by Crippen LogP contribution is -2.25. The van der Waals surface area contributed by atoms with Crippen molar-refractivity contribution in [1.29, 1.82) is 0 Å². The zero-order valence-electron chi connectivity index (χ0n) is 10.3. The summed E-state index contributed by atoms with van der Waals surface area (Å²) in [6.45, 7) is 3.09. The van der Waals surface area contributed by atoms with Gasteiger partial charge >= 0.3 is 0 Å². The average molecular weight is 282 g/mol. The summed E-state index contributed by atoms with van der Waals surface area (Å²) < 4.78 is 0. The molecule has 0 saturated heterocycles. The fourth-order valence-electron chi connectivity index (χ4n) is 1.77. The van der Waals surface area contributed by atoms with Gasteiger partial charge in [-0.05, 0) is 25.1 Å². The number of nitrogens with zero attached hydrogens (tertiary/aromatic N) is 2. The minimum Gasteiger partial charge on any atom is -0.308 e. The molecule has 0 fully saturated rings. The minimum absolute atomic E-state index is 0.129. The van der Waals surface area contributed by atoms with Gasteiger partial charge < -0.3 is 5.32 Å². The van der Waals surface area contributed by atoms with E-state index in [0.717, 1.165) is 30.1 Å². The van der Waals surface area contributed by atoms with E-state index in [1.54, 1.807) is 17.5 Å². The van der Waals surface area contributed by atoms with Crippen molar-refractivity contribution in [3.8, 4) is 0 Å². The van der Waals surface area contributed by atoms with Crippen LogP contribution < -0.4 is 5.32 Å². The molecular weight excluding hydrogens is 266 g/mol. The first kappa shape index (κ1) is 13.5. The van der Waals surface area contributed by atoms with Gasteiger partial charge in [0.2, 0.25) is 0 Å². The van der Waals surface area contributed by atoms with Crippen molar-refractivity contribution in [3.63, 3.8) is 0 Å². The highest BCUT2D eigenvalue weighted by Gasteiger charge is 2.17. The SMILES string of the molecule is CCCNC(Cc1nccs1)c1ncccc1Cl. The third-order valence-electron chi connectivity index (χ3n) is 2.62. The summed E-state index contributed by atoms with van der Waals surface area (Å²) in [7, 11) is 0. The first-order valence-corrected chi connectivity index (χ1v) is 7.29. The Morgan fingerprint density at radius 3 is 2.94 bits per heavy atom. The minimum atomic E-state index is 0.129. The highest BCUT2D eigenvalue weighted by Crippen LogP contribution is 2.24. The van der Waals surface area contributed by atoms with Gasteiger partial charge in [-0.2, -0.15) is 0 Å². The predicted molar refractivity (Wildman–Crippen MR) is 76.1 cm³/mol. The molecule has 0 aliphatic carbocycles. The van der Waals surface area contributed by atoms with E-state index in [-0.39, 0.29) is 6.04 Å². The van der Waals surface area contributed by atoms with Gasteiger partial charge in [0, 0.05) is 24.2 Å². The lowest BCUT2D eigenvalue weighted by Gasteiger charge is -2.17. The van der Waals surface area contributed by atoms with Crippen LogP contribution >= 0.6 is 22.9 Å². The van der Waals surface area contributed by atoms with Crippen molar-refractivity contribution in [1.82, 2.24) is 15.3 Å². The van der Waals surface area contributed by atoms with Crippen LogP contribution in [-0.2, 0) is 6.42 Å². The van der Waals surface area contributed by atoms with Crippen LogP contribution in [0.5, 0.6) is 0 Å². The highest BCUT2D eigenvalue weighted by atomic mass is 35.5. The van der Waals surface area contributed by atoms with Gasteiger partial charge in [-0.15, -0.1) is 11.3 Å². The van der Waals surface area contributed by atoms with E-state index in [9.17, 15) is 0 Å². The summed E-state index contributed by atoms with van der Waals surface area (Å²) in [4.78, 5) is 8.72. The van der Waals surface area contributed by atoms with Gasteiger partial charge in [-0.1, -0.05) is 18.5 Å². The summed E-state index contributed by atoms with van der Waals surface area (Å²) in [5.74, 6) is 0. The molecule has 0 aliphatic rings. The molecule has 1 atom stereocenters. The smallest absolute Gasteiger partial charge is 0.0944 e. The molecule has 0 saturated carbocycles. The Hall–Kier alpha value is -0.970. The quantitative estimate of drug-likeness (QED) is 0.881. The molecule has 2 aromatic rings. The normalized spacial score (nSPS) is 12.6. The second-order valence-electron chi connectivity index (χ2n) is 4.01. The maximum atomic E-state index is 6.22. The molecular formula is C13H16ClN3S. The summed E-state index contributed by atoms with van der Waals surface area (Å²) in [5, 5.41) is 7.29. The second-order valence-corrected chi connectivity index (χ2v) is 5.39. The molecule has 96 valence electrons. The maximum Gasteiger partial charge on any atom is 0.0944 e. The number of hydrogen-bond acceptors (Lipinski definition) is 4. The van der Waals surface area contributed by atoms with Gasteiger partial charge in [0.05, 0.1) is 21.8 Å². The van der Waals surface area contributed by atoms with Gasteiger partial charge in [0.15, 0.2) is 0 Å². The van der Waals surface area contributed by atoms with E-state index in [1.807, 2.05) is 23.7 Å². The van der Waals surface area contributed by atoms with Crippen molar-refractivity contribution in [2.75, 3.05) is 6.54 Å². The molecule has 0 aromatic carbocycles. The lowest BCUT2D eigenvalue weighted by molar-refractivity contribution is 0.517. The zero-order valence-corrected chi connectivity index (χ0v) is 11.8. The van der Waals surface area contributed by atoms with Crippen LogP contribution in [0.25, 0.3) is 0 Å². The fraction of sp³-hybridized carbons (Fsp3) is 0.385. The summed E-state index contributed by atoms with van der Waals surface area (Å²) in [6, 6.07) is 3.86. The van der Waals surface area contributed by atoms with E-state index >= 15 is 0 Å². The van der Waals surface area contributed by atoms with Crippen molar-refractivity contribution < 1.29 is 0 Å². The molecule has 2 rings (SSSR count). The highest BCUT2D eigenvalue weighted by molar-refractivity contribution is 7.09. The van der Waals surface area contributed by atoms with E-state index in [1.165, 1.54) is 0 Å². The Bertz CT molecular complexity index is 473. The largest absolute Gasteiger partial charge is 0.308 e. The molecule has 0 amide bonds. The molecule has 18 heavy (non-hydrogen) atoms. The van der Waals surface area contributed by atoms with E-state index in [2.05, 4.69) is 22.2 Å². The third-order valence-corrected chi connectivity index (χ3v) is 3.74. The van der Waals surface area contributed by atoms with Crippen LogP contribution in [0.3, 0.4) is 0 Å². The van der Waals surface area contributed by atoms with E-state index in [0.29, 0.717) is 5.02 Å². The van der Waals surface area contributed by atoms with E-state index in [4.69, 9.17) is 11.6 Å². The van der Waals surface area contributed by atoms with Crippen molar-refractivity contribution in [2.45, 2.75) is 25.8 Å². The van der Waals surface area contributed by atoms with Crippen LogP contribution in [0.2, 0.25) is 5.02 Å². The molecule has 0 radical (unpaired) electrons. The number of thiazole rings is 1. The fourth-order valence-corrected chi connectivity index (χ4v) is 2.68. The third kappa shape index (κ3) is 3.51. The molecule has 2 heterocycles. The van der Waals surface area contributed by atoms with Crippen LogP contribution in [0.4, 0.5) is 0 Å². The molecule has 0 aliphatic heterocycles. The number of nitrogens with one attached hydrogen (secondary N) is 1. The molecule has 1 unspecified atom stereocenters. The van der Waals surface area contributed by atoms with Gasteiger partial charge in [-0.3, -0.25) is 4.98 Å². The number of pyridine rings is 1. The monoisotopic (exact) mass is 281 g/mol. The summed E-state index contributed by atoms with van der Waals surface area (Å²) >= 11 is 7.88. The Balaban J connectivity index is 2.16. The first-order valence-electron chi connectivity index (χ1n) is 6.03. The number of rotatable bonds is 6. The predicted octanol–water partition coefficient (Wildman–Crippen LogP) is 3.47. The maximum absolute atomic E-state index is 6.22. The summed E-state index contributed by atoms with van der Waals surface area (Å²) in [5.41, 5.74) is 0.905. The van der Waals surface area contributed by atoms with Crippen LogP contribution in [0.1, 0.15) is 30.1 Å². The van der Waals surface area contributed by atoms with Crippen molar-refractivity contribution >= 4 is 22.9 Å². The molecule has 0 bridgehead atoms. The van der Waals surface area contributed by atoms with Crippen LogP contribution in [0.15, 0.2) is 29.9 Å². The Labute approximate surface area is 116 Å². The molecule has 0 spiro atoms. The molecule has 3 nitrogen and oxygen atoms in total. The molecule has 5 heteroatoms. The summed E-state index contributed by atoms with van der Waals surface area (Å²) in [6.07, 6.45) is 5.52. The molecule has 1 N–H and O–H groups in total.